The fourth-order valence-electron chi connectivity index (χ4n) is 3.26. The van der Waals surface area contributed by atoms with Gasteiger partial charge >= 0.3 is 0 Å². The standard InChI is InChI=1S/C16H20N2O3S/c1-11-16(12(2)21-17-11)22(19,20)18(3)15-10-6-8-13-7-4-5-9-14(13)15/h4-5,7,9,15H,6,8,10H2,1-3H3. The smallest absolute Gasteiger partial charge is 0.248 e. The van der Waals surface area contributed by atoms with Gasteiger partial charge in [0.2, 0.25) is 10.0 Å². The molecule has 0 radical (unpaired) electrons. The maximum atomic E-state index is 13.0. The van der Waals surface area contributed by atoms with Crippen molar-refractivity contribution in [3.05, 3.63) is 46.8 Å². The lowest BCUT2D eigenvalue weighted by molar-refractivity contribution is 0.336. The third-order valence-corrected chi connectivity index (χ3v) is 6.49. The molecule has 0 aliphatic heterocycles. The van der Waals surface area contributed by atoms with Crippen LogP contribution >= 0.6 is 0 Å². The van der Waals surface area contributed by atoms with E-state index in [9.17, 15) is 8.42 Å². The van der Waals surface area contributed by atoms with Gasteiger partial charge in [-0.2, -0.15) is 4.31 Å². The molecule has 0 saturated carbocycles. The fourth-order valence-corrected chi connectivity index (χ4v) is 4.91. The molecular weight excluding hydrogens is 300 g/mol. The molecular formula is C16H20N2O3S. The second-order valence-electron chi connectivity index (χ2n) is 5.78. The fraction of sp³-hybridized carbons (Fsp3) is 0.438. The molecule has 0 bridgehead atoms. The summed E-state index contributed by atoms with van der Waals surface area (Å²) in [6.45, 7) is 3.29. The average Bonchev–Trinajstić information content (AvgIpc) is 2.85. The zero-order valence-corrected chi connectivity index (χ0v) is 13.9. The summed E-state index contributed by atoms with van der Waals surface area (Å²) in [7, 11) is -1.98. The van der Waals surface area contributed by atoms with Crippen LogP contribution < -0.4 is 0 Å². The van der Waals surface area contributed by atoms with Crippen molar-refractivity contribution < 1.29 is 12.9 Å². The van der Waals surface area contributed by atoms with Crippen molar-refractivity contribution in [3.63, 3.8) is 0 Å². The van der Waals surface area contributed by atoms with E-state index in [4.69, 9.17) is 4.52 Å². The van der Waals surface area contributed by atoms with E-state index in [1.165, 1.54) is 9.87 Å². The van der Waals surface area contributed by atoms with E-state index in [0.717, 1.165) is 24.8 Å². The molecule has 0 spiro atoms. The van der Waals surface area contributed by atoms with Crippen molar-refractivity contribution in [2.45, 2.75) is 44.0 Å². The molecule has 3 rings (SSSR count). The number of aryl methyl sites for hydroxylation is 3. The van der Waals surface area contributed by atoms with E-state index < -0.39 is 10.0 Å². The molecule has 1 atom stereocenters. The lowest BCUT2D eigenvalue weighted by Crippen LogP contribution is -2.33. The minimum atomic E-state index is -3.62. The van der Waals surface area contributed by atoms with Crippen molar-refractivity contribution in [3.8, 4) is 0 Å². The normalized spacial score (nSPS) is 18.5. The van der Waals surface area contributed by atoms with Crippen LogP contribution in [-0.4, -0.2) is 24.9 Å². The molecule has 1 heterocycles. The van der Waals surface area contributed by atoms with E-state index in [2.05, 4.69) is 11.2 Å². The summed E-state index contributed by atoms with van der Waals surface area (Å²) in [5, 5.41) is 3.77. The molecule has 6 heteroatoms. The van der Waals surface area contributed by atoms with Gasteiger partial charge < -0.3 is 4.52 Å². The molecule has 2 aromatic rings. The average molecular weight is 320 g/mol. The molecule has 1 aliphatic rings. The zero-order chi connectivity index (χ0) is 15.9. The second-order valence-corrected chi connectivity index (χ2v) is 7.72. The number of benzene rings is 1. The highest BCUT2D eigenvalue weighted by Gasteiger charge is 2.35. The Hall–Kier alpha value is -1.66. The molecule has 5 nitrogen and oxygen atoms in total. The van der Waals surface area contributed by atoms with E-state index in [-0.39, 0.29) is 10.9 Å². The lowest BCUT2D eigenvalue weighted by atomic mass is 9.88. The van der Waals surface area contributed by atoms with Gasteiger partial charge in [0.05, 0.1) is 6.04 Å². The van der Waals surface area contributed by atoms with Gasteiger partial charge in [0.1, 0.15) is 10.6 Å². The maximum Gasteiger partial charge on any atom is 0.248 e. The summed E-state index contributed by atoms with van der Waals surface area (Å²) >= 11 is 0. The summed E-state index contributed by atoms with van der Waals surface area (Å²) in [6, 6.07) is 7.94. The van der Waals surface area contributed by atoms with Crippen LogP contribution in [0.1, 0.15) is 41.5 Å². The van der Waals surface area contributed by atoms with Crippen molar-refractivity contribution >= 4 is 10.0 Å². The molecule has 1 aliphatic carbocycles. The summed E-state index contributed by atoms with van der Waals surface area (Å²) in [4.78, 5) is 0.193. The van der Waals surface area contributed by atoms with Crippen LogP contribution in [0.5, 0.6) is 0 Å². The highest BCUT2D eigenvalue weighted by atomic mass is 32.2. The maximum absolute atomic E-state index is 13.0. The Labute approximate surface area is 131 Å². The Morgan fingerprint density at radius 2 is 2.00 bits per heavy atom. The number of rotatable bonds is 3. The zero-order valence-electron chi connectivity index (χ0n) is 13.0. The van der Waals surface area contributed by atoms with Crippen molar-refractivity contribution in [2.75, 3.05) is 7.05 Å². The number of hydrogen-bond donors (Lipinski definition) is 0. The molecule has 1 aromatic carbocycles. The van der Waals surface area contributed by atoms with Crippen LogP contribution in [-0.2, 0) is 16.4 Å². The number of nitrogens with zero attached hydrogens (tertiary/aromatic N) is 2. The predicted octanol–water partition coefficient (Wildman–Crippen LogP) is 2.99. The first kappa shape index (κ1) is 15.2. The van der Waals surface area contributed by atoms with Crippen LogP contribution in [0.3, 0.4) is 0 Å². The minimum absolute atomic E-state index is 0.136. The topological polar surface area (TPSA) is 63.4 Å². The van der Waals surface area contributed by atoms with Gasteiger partial charge in [-0.3, -0.25) is 0 Å². The molecule has 1 aromatic heterocycles. The van der Waals surface area contributed by atoms with E-state index in [0.29, 0.717) is 11.5 Å². The third kappa shape index (κ3) is 2.36. The minimum Gasteiger partial charge on any atom is -0.360 e. The van der Waals surface area contributed by atoms with Crippen LogP contribution in [0.15, 0.2) is 33.7 Å². The Bertz CT molecular complexity index is 776. The van der Waals surface area contributed by atoms with Gasteiger partial charge in [0, 0.05) is 7.05 Å². The first-order valence-electron chi connectivity index (χ1n) is 7.41. The van der Waals surface area contributed by atoms with E-state index in [1.807, 2.05) is 18.2 Å². The summed E-state index contributed by atoms with van der Waals surface area (Å²) in [5.41, 5.74) is 2.75. The Morgan fingerprint density at radius 3 is 2.68 bits per heavy atom. The van der Waals surface area contributed by atoms with Gasteiger partial charge in [-0.1, -0.05) is 29.4 Å². The lowest BCUT2D eigenvalue weighted by Gasteiger charge is -2.32. The number of aromatic nitrogens is 1. The third-order valence-electron chi connectivity index (χ3n) is 4.38. The molecule has 0 N–H and O–H groups in total. The Kier molecular flexibility index (Phi) is 3.82. The van der Waals surface area contributed by atoms with Crippen molar-refractivity contribution in [1.29, 1.82) is 0 Å². The van der Waals surface area contributed by atoms with E-state index >= 15 is 0 Å². The highest BCUT2D eigenvalue weighted by Crippen LogP contribution is 2.37. The van der Waals surface area contributed by atoms with Gasteiger partial charge in [-0.25, -0.2) is 8.42 Å². The SMILES string of the molecule is Cc1noc(C)c1S(=O)(=O)N(C)C1CCCc2ccccc21. The Morgan fingerprint density at radius 1 is 1.27 bits per heavy atom. The second kappa shape index (κ2) is 5.52. The number of fused-ring (bicyclic) bond motifs is 1. The molecule has 0 fully saturated rings. The van der Waals surface area contributed by atoms with Gasteiger partial charge in [-0.05, 0) is 44.2 Å². The van der Waals surface area contributed by atoms with Crippen LogP contribution in [0.4, 0.5) is 0 Å². The number of sulfonamides is 1. The first-order chi connectivity index (χ1) is 10.4. The molecule has 1 unspecified atom stereocenters. The molecule has 0 saturated heterocycles. The van der Waals surface area contributed by atoms with Gasteiger partial charge in [-0.15, -0.1) is 0 Å². The van der Waals surface area contributed by atoms with Crippen LogP contribution in [0, 0.1) is 13.8 Å². The molecule has 0 amide bonds. The molecule has 118 valence electrons. The first-order valence-corrected chi connectivity index (χ1v) is 8.85. The Balaban J connectivity index is 2.03. The van der Waals surface area contributed by atoms with Gasteiger partial charge in [0.15, 0.2) is 5.76 Å². The van der Waals surface area contributed by atoms with Crippen molar-refractivity contribution in [1.82, 2.24) is 9.46 Å². The van der Waals surface area contributed by atoms with Crippen LogP contribution in [0.2, 0.25) is 0 Å². The summed E-state index contributed by atoms with van der Waals surface area (Å²) < 4.78 is 32.4. The van der Waals surface area contributed by atoms with Crippen LogP contribution in [0.25, 0.3) is 0 Å². The summed E-state index contributed by atoms with van der Waals surface area (Å²) in [5.74, 6) is 0.341. The monoisotopic (exact) mass is 320 g/mol. The van der Waals surface area contributed by atoms with Gasteiger partial charge in [0.25, 0.3) is 0 Å². The highest BCUT2D eigenvalue weighted by molar-refractivity contribution is 7.89. The largest absolute Gasteiger partial charge is 0.360 e. The molecule has 22 heavy (non-hydrogen) atoms. The quantitative estimate of drug-likeness (QED) is 0.872. The predicted molar refractivity (Wildman–Crippen MR) is 83.0 cm³/mol. The number of hydrogen-bond acceptors (Lipinski definition) is 4. The van der Waals surface area contributed by atoms with Crippen molar-refractivity contribution in [2.24, 2.45) is 0 Å². The summed E-state index contributed by atoms with van der Waals surface area (Å²) in [6.07, 6.45) is 2.82. The van der Waals surface area contributed by atoms with E-state index in [1.54, 1.807) is 20.9 Å².